The molecule has 0 saturated carbocycles. The van der Waals surface area contributed by atoms with Gasteiger partial charge in [-0.3, -0.25) is 4.79 Å². The van der Waals surface area contributed by atoms with Crippen molar-refractivity contribution in [1.82, 2.24) is 0 Å². The number of furan rings is 1. The maximum absolute atomic E-state index is 13.5. The predicted molar refractivity (Wildman–Crippen MR) is 110 cm³/mol. The number of aryl methyl sites for hydroxylation is 1. The van der Waals surface area contributed by atoms with Crippen molar-refractivity contribution in [2.45, 2.75) is 13.0 Å². The molecule has 1 aromatic heterocycles. The van der Waals surface area contributed by atoms with Crippen LogP contribution in [0.4, 0.5) is 0 Å². The molecule has 1 unspecified atom stereocenters. The SMILES string of the molecule is Cc1coc2cc3c(cc12)C(=O)/C(=C/c1ccccc1)C(c1ccccc1)O3. The summed E-state index contributed by atoms with van der Waals surface area (Å²) in [6.07, 6.45) is 3.17. The number of fused-ring (bicyclic) bond motifs is 2. The normalized spacial score (nSPS) is 17.5. The molecule has 1 aliphatic heterocycles. The zero-order valence-electron chi connectivity index (χ0n) is 15.4. The molecule has 0 bridgehead atoms. The second-order valence-electron chi connectivity index (χ2n) is 7.01. The lowest BCUT2D eigenvalue weighted by molar-refractivity contribution is 0.0964. The molecule has 0 fully saturated rings. The minimum absolute atomic E-state index is 0.0125. The molecule has 3 nitrogen and oxygen atoms in total. The number of carbonyl (C=O) groups is 1. The first kappa shape index (κ1) is 16.6. The Morgan fingerprint density at radius 1 is 0.929 bits per heavy atom. The van der Waals surface area contributed by atoms with Crippen molar-refractivity contribution in [1.29, 1.82) is 0 Å². The average Bonchev–Trinajstić information content (AvgIpc) is 3.10. The summed E-state index contributed by atoms with van der Waals surface area (Å²) in [6.45, 7) is 1.97. The molecule has 1 aliphatic rings. The molecule has 136 valence electrons. The average molecular weight is 366 g/mol. The van der Waals surface area contributed by atoms with E-state index in [-0.39, 0.29) is 5.78 Å². The standard InChI is InChI=1S/C25H18O3/c1-16-15-27-22-14-23-20(13-19(16)22)24(26)21(12-17-8-4-2-5-9-17)25(28-23)18-10-6-3-7-11-18/h2-15,25H,1H3/b21-12-. The smallest absolute Gasteiger partial charge is 0.196 e. The van der Waals surface area contributed by atoms with Gasteiger partial charge in [0.2, 0.25) is 0 Å². The number of rotatable bonds is 2. The monoisotopic (exact) mass is 366 g/mol. The minimum Gasteiger partial charge on any atom is -0.480 e. The van der Waals surface area contributed by atoms with Crippen LogP contribution in [0, 0.1) is 6.92 Å². The second kappa shape index (κ2) is 6.54. The number of carbonyl (C=O) groups excluding carboxylic acids is 1. The Labute approximate surface area is 162 Å². The van der Waals surface area contributed by atoms with E-state index in [0.29, 0.717) is 16.9 Å². The molecule has 3 aromatic carbocycles. The first-order valence-corrected chi connectivity index (χ1v) is 9.25. The van der Waals surface area contributed by atoms with Crippen LogP contribution in [0.2, 0.25) is 0 Å². The van der Waals surface area contributed by atoms with Crippen molar-refractivity contribution in [2.75, 3.05) is 0 Å². The summed E-state index contributed by atoms with van der Waals surface area (Å²) in [5.41, 5.74) is 4.85. The van der Waals surface area contributed by atoms with E-state index in [9.17, 15) is 4.79 Å². The van der Waals surface area contributed by atoms with E-state index in [1.807, 2.05) is 85.8 Å². The van der Waals surface area contributed by atoms with Gasteiger partial charge in [-0.1, -0.05) is 60.7 Å². The van der Waals surface area contributed by atoms with Gasteiger partial charge in [-0.15, -0.1) is 0 Å². The highest BCUT2D eigenvalue weighted by molar-refractivity contribution is 6.16. The Morgan fingerprint density at radius 3 is 2.39 bits per heavy atom. The van der Waals surface area contributed by atoms with E-state index < -0.39 is 6.10 Å². The highest BCUT2D eigenvalue weighted by atomic mass is 16.5. The third-order valence-electron chi connectivity index (χ3n) is 5.13. The van der Waals surface area contributed by atoms with Gasteiger partial charge in [0.05, 0.1) is 11.8 Å². The molecule has 3 heteroatoms. The Hall–Kier alpha value is -3.59. The van der Waals surface area contributed by atoms with Crippen molar-refractivity contribution in [2.24, 2.45) is 0 Å². The van der Waals surface area contributed by atoms with Crippen LogP contribution in [-0.4, -0.2) is 5.78 Å². The number of ether oxygens (including phenoxy) is 1. The summed E-state index contributed by atoms with van der Waals surface area (Å²) in [5, 5.41) is 0.938. The van der Waals surface area contributed by atoms with Crippen LogP contribution in [0.5, 0.6) is 5.75 Å². The summed E-state index contributed by atoms with van der Waals surface area (Å²) < 4.78 is 11.9. The predicted octanol–water partition coefficient (Wildman–Crippen LogP) is 6.14. The van der Waals surface area contributed by atoms with Gasteiger partial charge in [0, 0.05) is 17.0 Å². The highest BCUT2D eigenvalue weighted by Crippen LogP contribution is 2.41. The van der Waals surface area contributed by atoms with Crippen LogP contribution in [0.3, 0.4) is 0 Å². The summed E-state index contributed by atoms with van der Waals surface area (Å²) >= 11 is 0. The molecule has 1 atom stereocenters. The summed E-state index contributed by atoms with van der Waals surface area (Å²) in [6, 6.07) is 23.4. The molecular formula is C25H18O3. The molecule has 2 heterocycles. The lowest BCUT2D eigenvalue weighted by Crippen LogP contribution is -2.23. The van der Waals surface area contributed by atoms with E-state index in [1.165, 1.54) is 0 Å². The van der Waals surface area contributed by atoms with Gasteiger partial charge >= 0.3 is 0 Å². The number of hydrogen-bond donors (Lipinski definition) is 0. The molecular weight excluding hydrogens is 348 g/mol. The highest BCUT2D eigenvalue weighted by Gasteiger charge is 2.33. The zero-order chi connectivity index (χ0) is 19.1. The minimum atomic E-state index is -0.463. The first-order chi connectivity index (χ1) is 13.7. The first-order valence-electron chi connectivity index (χ1n) is 9.25. The summed E-state index contributed by atoms with van der Waals surface area (Å²) in [4.78, 5) is 13.5. The van der Waals surface area contributed by atoms with E-state index in [4.69, 9.17) is 9.15 Å². The molecule has 0 saturated heterocycles. The largest absolute Gasteiger partial charge is 0.480 e. The van der Waals surface area contributed by atoms with Gasteiger partial charge in [0.1, 0.15) is 11.3 Å². The fourth-order valence-corrected chi connectivity index (χ4v) is 3.67. The van der Waals surface area contributed by atoms with Crippen molar-refractivity contribution >= 4 is 22.8 Å². The van der Waals surface area contributed by atoms with Crippen molar-refractivity contribution < 1.29 is 13.9 Å². The Bertz CT molecular complexity index is 1200. The number of hydrogen-bond acceptors (Lipinski definition) is 3. The lowest BCUT2D eigenvalue weighted by Gasteiger charge is -2.28. The summed E-state index contributed by atoms with van der Waals surface area (Å²) in [7, 11) is 0. The van der Waals surface area contributed by atoms with Crippen LogP contribution < -0.4 is 4.74 Å². The molecule has 0 N–H and O–H groups in total. The van der Waals surface area contributed by atoms with Gasteiger partial charge in [-0.2, -0.15) is 0 Å². The third kappa shape index (κ3) is 2.72. The molecule has 0 amide bonds. The lowest BCUT2D eigenvalue weighted by atomic mass is 9.89. The third-order valence-corrected chi connectivity index (χ3v) is 5.13. The van der Waals surface area contributed by atoms with Gasteiger partial charge in [0.25, 0.3) is 0 Å². The second-order valence-corrected chi connectivity index (χ2v) is 7.01. The number of ketones is 1. The Kier molecular flexibility index (Phi) is 3.87. The quantitative estimate of drug-likeness (QED) is 0.400. The maximum Gasteiger partial charge on any atom is 0.196 e. The Morgan fingerprint density at radius 2 is 1.64 bits per heavy atom. The van der Waals surface area contributed by atoms with Gasteiger partial charge in [-0.05, 0) is 35.8 Å². The molecule has 0 spiro atoms. The van der Waals surface area contributed by atoms with E-state index in [0.717, 1.165) is 27.7 Å². The van der Waals surface area contributed by atoms with Crippen LogP contribution >= 0.6 is 0 Å². The van der Waals surface area contributed by atoms with Crippen molar-refractivity contribution in [3.05, 3.63) is 107 Å². The molecule has 28 heavy (non-hydrogen) atoms. The summed E-state index contributed by atoms with van der Waals surface area (Å²) in [5.74, 6) is 0.548. The van der Waals surface area contributed by atoms with Crippen molar-refractivity contribution in [3.8, 4) is 5.75 Å². The van der Waals surface area contributed by atoms with E-state index in [2.05, 4.69) is 0 Å². The topological polar surface area (TPSA) is 39.4 Å². The molecule has 0 radical (unpaired) electrons. The van der Waals surface area contributed by atoms with E-state index in [1.54, 1.807) is 6.26 Å². The number of Topliss-reactive ketones (excluding diaryl/α,β-unsaturated/α-hetero) is 1. The maximum atomic E-state index is 13.5. The Balaban J connectivity index is 1.71. The van der Waals surface area contributed by atoms with Crippen molar-refractivity contribution in [3.63, 3.8) is 0 Å². The van der Waals surface area contributed by atoms with E-state index >= 15 is 0 Å². The van der Waals surface area contributed by atoms with Crippen LogP contribution in [-0.2, 0) is 0 Å². The van der Waals surface area contributed by atoms with Crippen LogP contribution in [0.15, 0.2) is 89.0 Å². The van der Waals surface area contributed by atoms with Crippen LogP contribution in [0.25, 0.3) is 17.0 Å². The van der Waals surface area contributed by atoms with Gasteiger partial charge < -0.3 is 9.15 Å². The van der Waals surface area contributed by atoms with Gasteiger partial charge in [0.15, 0.2) is 11.9 Å². The molecule has 5 rings (SSSR count). The molecule has 4 aromatic rings. The fourth-order valence-electron chi connectivity index (χ4n) is 3.67. The number of benzene rings is 3. The fraction of sp³-hybridized carbons (Fsp3) is 0.0800. The molecule has 0 aliphatic carbocycles. The van der Waals surface area contributed by atoms with Gasteiger partial charge in [-0.25, -0.2) is 0 Å². The zero-order valence-corrected chi connectivity index (χ0v) is 15.4. The van der Waals surface area contributed by atoms with Crippen LogP contribution in [0.1, 0.15) is 33.2 Å².